The van der Waals surface area contributed by atoms with Crippen LogP contribution in [0.2, 0.25) is 0 Å². The Bertz CT molecular complexity index is 396. The molecule has 6 heteroatoms. The molecule has 0 aromatic heterocycles. The summed E-state index contributed by atoms with van der Waals surface area (Å²) < 4.78 is 5.46. The molecule has 5 nitrogen and oxygen atoms in total. The van der Waals surface area contributed by atoms with Crippen molar-refractivity contribution in [3.8, 4) is 5.75 Å². The van der Waals surface area contributed by atoms with Crippen molar-refractivity contribution in [1.82, 2.24) is 5.32 Å². The van der Waals surface area contributed by atoms with E-state index < -0.39 is 6.10 Å². The van der Waals surface area contributed by atoms with Gasteiger partial charge in [0.1, 0.15) is 18.5 Å². The van der Waals surface area contributed by atoms with Gasteiger partial charge in [-0.3, -0.25) is 4.79 Å². The molecule has 0 aliphatic carbocycles. The Morgan fingerprint density at radius 2 is 1.90 bits per heavy atom. The predicted octanol–water partition coefficient (Wildman–Crippen LogP) is 1.80. The Balaban J connectivity index is 0.00000361. The summed E-state index contributed by atoms with van der Waals surface area (Å²) in [6.07, 6.45) is -0.544. The first kappa shape index (κ1) is 18.7. The van der Waals surface area contributed by atoms with Gasteiger partial charge in [0.15, 0.2) is 0 Å². The Morgan fingerprint density at radius 3 is 2.40 bits per heavy atom. The van der Waals surface area contributed by atoms with Crippen molar-refractivity contribution in [2.75, 3.05) is 18.5 Å². The van der Waals surface area contributed by atoms with Gasteiger partial charge in [-0.05, 0) is 24.3 Å². The summed E-state index contributed by atoms with van der Waals surface area (Å²) in [7, 11) is 0. The minimum absolute atomic E-state index is 0. The molecule has 0 fully saturated rings. The summed E-state index contributed by atoms with van der Waals surface area (Å²) in [6.45, 7) is 6.24. The second kappa shape index (κ2) is 9.58. The Hall–Kier alpha value is -1.30. The van der Waals surface area contributed by atoms with Gasteiger partial charge < -0.3 is 20.5 Å². The molecular weight excluding hydrogens is 280 g/mol. The van der Waals surface area contributed by atoms with E-state index in [1.54, 1.807) is 24.3 Å². The minimum Gasteiger partial charge on any atom is -0.491 e. The molecule has 1 aromatic carbocycles. The predicted molar refractivity (Wildman–Crippen MR) is 82.6 cm³/mol. The molecule has 0 spiro atoms. The van der Waals surface area contributed by atoms with E-state index in [2.05, 4.69) is 10.6 Å². The second-order valence-electron chi connectivity index (χ2n) is 4.73. The Kier molecular flexibility index (Phi) is 8.96. The SMILES string of the molecule is CC(=O)Nc1ccc(OC[C@@H](O)CNC(C)C)cc1.Cl. The fourth-order valence-electron chi connectivity index (χ4n) is 1.46. The lowest BCUT2D eigenvalue weighted by molar-refractivity contribution is -0.114. The summed E-state index contributed by atoms with van der Waals surface area (Å²) in [5.74, 6) is 0.557. The first-order chi connectivity index (χ1) is 8.97. The van der Waals surface area contributed by atoms with Crippen molar-refractivity contribution in [3.05, 3.63) is 24.3 Å². The number of anilines is 1. The lowest BCUT2D eigenvalue weighted by Gasteiger charge is -2.15. The minimum atomic E-state index is -0.544. The molecule has 0 unspecified atom stereocenters. The number of rotatable bonds is 7. The van der Waals surface area contributed by atoms with Gasteiger partial charge in [0.05, 0.1) is 0 Å². The summed E-state index contributed by atoms with van der Waals surface area (Å²) in [5.41, 5.74) is 0.724. The van der Waals surface area contributed by atoms with Gasteiger partial charge in [-0.1, -0.05) is 13.8 Å². The van der Waals surface area contributed by atoms with Gasteiger partial charge in [0.2, 0.25) is 5.91 Å². The van der Waals surface area contributed by atoms with Crippen molar-refractivity contribution in [2.24, 2.45) is 0 Å². The molecule has 0 bridgehead atoms. The van der Waals surface area contributed by atoms with E-state index in [-0.39, 0.29) is 24.9 Å². The van der Waals surface area contributed by atoms with E-state index in [4.69, 9.17) is 4.74 Å². The third-order valence-corrected chi connectivity index (χ3v) is 2.38. The zero-order chi connectivity index (χ0) is 14.3. The lowest BCUT2D eigenvalue weighted by atomic mass is 10.3. The van der Waals surface area contributed by atoms with Crippen molar-refractivity contribution < 1.29 is 14.6 Å². The number of aliphatic hydroxyl groups is 1. The van der Waals surface area contributed by atoms with Crippen LogP contribution in [0.15, 0.2) is 24.3 Å². The smallest absolute Gasteiger partial charge is 0.221 e. The molecule has 20 heavy (non-hydrogen) atoms. The topological polar surface area (TPSA) is 70.6 Å². The van der Waals surface area contributed by atoms with Crippen LogP contribution in [0.1, 0.15) is 20.8 Å². The van der Waals surface area contributed by atoms with Crippen LogP contribution < -0.4 is 15.4 Å². The third-order valence-electron chi connectivity index (χ3n) is 2.38. The van der Waals surface area contributed by atoms with Gasteiger partial charge in [0, 0.05) is 25.2 Å². The highest BCUT2D eigenvalue weighted by atomic mass is 35.5. The molecule has 1 amide bonds. The highest BCUT2D eigenvalue weighted by molar-refractivity contribution is 5.88. The summed E-state index contributed by atoms with van der Waals surface area (Å²) >= 11 is 0. The molecule has 0 aliphatic rings. The van der Waals surface area contributed by atoms with E-state index in [1.165, 1.54) is 6.92 Å². The molecule has 0 saturated heterocycles. The second-order valence-corrected chi connectivity index (χ2v) is 4.73. The number of halogens is 1. The Labute approximate surface area is 126 Å². The van der Waals surface area contributed by atoms with Crippen molar-refractivity contribution >= 4 is 24.0 Å². The third kappa shape index (κ3) is 7.99. The van der Waals surface area contributed by atoms with Crippen LogP contribution >= 0.6 is 12.4 Å². The first-order valence-corrected chi connectivity index (χ1v) is 6.39. The molecule has 1 rings (SSSR count). The molecule has 0 radical (unpaired) electrons. The molecule has 1 aromatic rings. The van der Waals surface area contributed by atoms with Gasteiger partial charge in [-0.2, -0.15) is 0 Å². The number of amides is 1. The normalized spacial score (nSPS) is 11.7. The standard InChI is InChI=1S/C14H22N2O3.ClH/c1-10(2)15-8-13(18)9-19-14-6-4-12(5-7-14)16-11(3)17;/h4-7,10,13,15,18H,8-9H2,1-3H3,(H,16,17);1H/t13-;/m0./s1. The first-order valence-electron chi connectivity index (χ1n) is 6.39. The highest BCUT2D eigenvalue weighted by Gasteiger charge is 2.06. The van der Waals surface area contributed by atoms with Crippen LogP contribution in [0.4, 0.5) is 5.69 Å². The van der Waals surface area contributed by atoms with Crippen LogP contribution in [0, 0.1) is 0 Å². The van der Waals surface area contributed by atoms with Gasteiger partial charge in [-0.25, -0.2) is 0 Å². The fourth-order valence-corrected chi connectivity index (χ4v) is 1.46. The maximum Gasteiger partial charge on any atom is 0.221 e. The van der Waals surface area contributed by atoms with Crippen LogP contribution in [0.5, 0.6) is 5.75 Å². The van der Waals surface area contributed by atoms with Gasteiger partial charge in [-0.15, -0.1) is 12.4 Å². The molecule has 114 valence electrons. The fraction of sp³-hybridized carbons (Fsp3) is 0.500. The number of hydrogen-bond acceptors (Lipinski definition) is 4. The average molecular weight is 303 g/mol. The zero-order valence-corrected chi connectivity index (χ0v) is 12.9. The number of carbonyl (C=O) groups is 1. The van der Waals surface area contributed by atoms with Crippen molar-refractivity contribution in [2.45, 2.75) is 32.9 Å². The van der Waals surface area contributed by atoms with Crippen LogP contribution in [0.3, 0.4) is 0 Å². The maximum atomic E-state index is 10.9. The highest BCUT2D eigenvalue weighted by Crippen LogP contribution is 2.15. The van der Waals surface area contributed by atoms with Crippen LogP contribution in [-0.4, -0.2) is 36.3 Å². The van der Waals surface area contributed by atoms with E-state index in [0.29, 0.717) is 18.3 Å². The average Bonchev–Trinajstić information content (AvgIpc) is 2.35. The van der Waals surface area contributed by atoms with E-state index in [1.807, 2.05) is 13.8 Å². The molecule has 0 aliphatic heterocycles. The molecule has 0 saturated carbocycles. The number of carbonyl (C=O) groups excluding carboxylic acids is 1. The van der Waals surface area contributed by atoms with E-state index >= 15 is 0 Å². The number of nitrogens with one attached hydrogen (secondary N) is 2. The quantitative estimate of drug-likeness (QED) is 0.718. The van der Waals surface area contributed by atoms with E-state index in [9.17, 15) is 9.90 Å². The molecule has 3 N–H and O–H groups in total. The number of hydrogen-bond donors (Lipinski definition) is 3. The van der Waals surface area contributed by atoms with Crippen molar-refractivity contribution in [1.29, 1.82) is 0 Å². The Morgan fingerprint density at radius 1 is 1.30 bits per heavy atom. The lowest BCUT2D eigenvalue weighted by Crippen LogP contribution is -2.35. The molecular formula is C14H23ClN2O3. The van der Waals surface area contributed by atoms with Crippen molar-refractivity contribution in [3.63, 3.8) is 0 Å². The monoisotopic (exact) mass is 302 g/mol. The summed E-state index contributed by atoms with van der Waals surface area (Å²) in [5, 5.41) is 15.5. The number of ether oxygens (including phenoxy) is 1. The van der Waals surface area contributed by atoms with Gasteiger partial charge >= 0.3 is 0 Å². The molecule has 1 atom stereocenters. The number of aliphatic hydroxyl groups excluding tert-OH is 1. The zero-order valence-electron chi connectivity index (χ0n) is 12.1. The van der Waals surface area contributed by atoms with Gasteiger partial charge in [0.25, 0.3) is 0 Å². The molecule has 0 heterocycles. The van der Waals surface area contributed by atoms with Crippen LogP contribution in [-0.2, 0) is 4.79 Å². The summed E-state index contributed by atoms with van der Waals surface area (Å²) in [4.78, 5) is 10.9. The van der Waals surface area contributed by atoms with E-state index in [0.717, 1.165) is 5.69 Å². The largest absolute Gasteiger partial charge is 0.491 e. The number of benzene rings is 1. The van der Waals surface area contributed by atoms with Crippen LogP contribution in [0.25, 0.3) is 0 Å². The maximum absolute atomic E-state index is 10.9. The summed E-state index contributed by atoms with van der Waals surface area (Å²) in [6, 6.07) is 7.37.